The summed E-state index contributed by atoms with van der Waals surface area (Å²) in [6.45, 7) is 3.82. The average Bonchev–Trinajstić information content (AvgIpc) is 2.51. The Morgan fingerprint density at radius 1 is 1.13 bits per heavy atom. The van der Waals surface area contributed by atoms with E-state index >= 15 is 0 Å². The Hall–Kier alpha value is -0.280. The molecule has 0 aromatic carbocycles. The lowest BCUT2D eigenvalue weighted by molar-refractivity contribution is -0.319. The van der Waals surface area contributed by atoms with Crippen LogP contribution < -0.4 is 0 Å². The molecule has 0 aromatic heterocycles. The van der Waals surface area contributed by atoms with E-state index in [1.807, 2.05) is 0 Å². The molecule has 4 aliphatic rings. The SMILES string of the molecule is CC1(C)[C@H]2CC[C@@](O)(CO[C@H]3O[C@H](CO)[C@@H](O)[C@H](O)[C@H]3O)[C@@H]1C2. The topological polar surface area (TPSA) is 120 Å². The Balaban J connectivity index is 1.63. The van der Waals surface area contributed by atoms with Gasteiger partial charge in [0, 0.05) is 0 Å². The van der Waals surface area contributed by atoms with Crippen molar-refractivity contribution in [1.82, 2.24) is 0 Å². The lowest BCUT2D eigenvalue weighted by Crippen LogP contribution is -2.64. The van der Waals surface area contributed by atoms with Gasteiger partial charge in [0.05, 0.1) is 18.8 Å². The molecule has 2 bridgehead atoms. The highest BCUT2D eigenvalue weighted by molar-refractivity contribution is 5.10. The van der Waals surface area contributed by atoms with Gasteiger partial charge in [0.25, 0.3) is 0 Å². The molecule has 4 fully saturated rings. The van der Waals surface area contributed by atoms with Crippen LogP contribution in [0.1, 0.15) is 33.1 Å². The van der Waals surface area contributed by atoms with Crippen LogP contribution in [0.2, 0.25) is 0 Å². The molecule has 0 unspecified atom stereocenters. The van der Waals surface area contributed by atoms with E-state index in [-0.39, 0.29) is 17.9 Å². The van der Waals surface area contributed by atoms with Crippen LogP contribution in [-0.4, -0.2) is 75.1 Å². The fourth-order valence-corrected chi connectivity index (χ4v) is 4.62. The lowest BCUT2D eigenvalue weighted by atomic mass is 9.44. The predicted molar refractivity (Wildman–Crippen MR) is 79.3 cm³/mol. The number of aliphatic hydroxyl groups excluding tert-OH is 4. The van der Waals surface area contributed by atoms with Gasteiger partial charge in [0.2, 0.25) is 0 Å². The molecule has 3 aliphatic carbocycles. The fourth-order valence-electron chi connectivity index (χ4n) is 4.62. The molecule has 0 radical (unpaired) electrons. The number of aliphatic hydroxyl groups is 5. The monoisotopic (exact) mass is 332 g/mol. The Morgan fingerprint density at radius 2 is 1.83 bits per heavy atom. The molecule has 7 nitrogen and oxygen atoms in total. The summed E-state index contributed by atoms with van der Waals surface area (Å²) in [5.74, 6) is 0.777. The summed E-state index contributed by atoms with van der Waals surface area (Å²) in [7, 11) is 0. The largest absolute Gasteiger partial charge is 0.394 e. The van der Waals surface area contributed by atoms with E-state index in [4.69, 9.17) is 9.47 Å². The van der Waals surface area contributed by atoms with E-state index in [1.54, 1.807) is 0 Å². The van der Waals surface area contributed by atoms with Crippen molar-refractivity contribution in [3.63, 3.8) is 0 Å². The summed E-state index contributed by atoms with van der Waals surface area (Å²) in [5, 5.41) is 49.7. The van der Waals surface area contributed by atoms with E-state index in [0.29, 0.717) is 12.3 Å². The molecule has 7 heteroatoms. The lowest BCUT2D eigenvalue weighted by Gasteiger charge is -2.63. The molecule has 23 heavy (non-hydrogen) atoms. The van der Waals surface area contributed by atoms with Gasteiger partial charge in [-0.3, -0.25) is 0 Å². The fraction of sp³-hybridized carbons (Fsp3) is 1.00. The van der Waals surface area contributed by atoms with Crippen molar-refractivity contribution in [1.29, 1.82) is 0 Å². The van der Waals surface area contributed by atoms with Gasteiger partial charge in [-0.1, -0.05) is 13.8 Å². The molecule has 1 saturated heterocycles. The Labute approximate surface area is 135 Å². The minimum atomic E-state index is -1.46. The summed E-state index contributed by atoms with van der Waals surface area (Å²) < 4.78 is 10.9. The Kier molecular flexibility index (Phi) is 4.51. The maximum Gasteiger partial charge on any atom is 0.186 e. The van der Waals surface area contributed by atoms with Crippen LogP contribution in [0, 0.1) is 17.3 Å². The van der Waals surface area contributed by atoms with E-state index in [1.165, 1.54) is 0 Å². The van der Waals surface area contributed by atoms with Crippen molar-refractivity contribution >= 4 is 0 Å². The van der Waals surface area contributed by atoms with Crippen molar-refractivity contribution in [3.8, 4) is 0 Å². The first-order valence-corrected chi connectivity index (χ1v) is 8.35. The van der Waals surface area contributed by atoms with Gasteiger partial charge in [0.1, 0.15) is 24.4 Å². The molecule has 8 atom stereocenters. The molecule has 4 rings (SSSR count). The second-order valence-corrected chi connectivity index (χ2v) is 7.96. The van der Waals surface area contributed by atoms with Crippen LogP contribution in [0.4, 0.5) is 0 Å². The highest BCUT2D eigenvalue weighted by atomic mass is 16.7. The molecule has 1 heterocycles. The molecule has 1 aliphatic heterocycles. The van der Waals surface area contributed by atoms with E-state index < -0.39 is 42.9 Å². The van der Waals surface area contributed by atoms with Gasteiger partial charge >= 0.3 is 0 Å². The van der Waals surface area contributed by atoms with Gasteiger partial charge in [0.15, 0.2) is 6.29 Å². The highest BCUT2D eigenvalue weighted by Crippen LogP contribution is 2.62. The van der Waals surface area contributed by atoms with Crippen LogP contribution in [0.25, 0.3) is 0 Å². The molecule has 3 saturated carbocycles. The Bertz CT molecular complexity index is 438. The van der Waals surface area contributed by atoms with E-state index in [9.17, 15) is 25.5 Å². The van der Waals surface area contributed by atoms with Gasteiger partial charge in [-0.25, -0.2) is 0 Å². The number of hydrogen-bond acceptors (Lipinski definition) is 7. The predicted octanol–water partition coefficient (Wildman–Crippen LogP) is -1.01. The van der Waals surface area contributed by atoms with Crippen LogP contribution in [0.5, 0.6) is 0 Å². The van der Waals surface area contributed by atoms with Crippen LogP contribution in [-0.2, 0) is 9.47 Å². The van der Waals surface area contributed by atoms with Crippen molar-refractivity contribution in [3.05, 3.63) is 0 Å². The molecule has 0 amide bonds. The van der Waals surface area contributed by atoms with Crippen LogP contribution in [0.3, 0.4) is 0 Å². The van der Waals surface area contributed by atoms with Crippen molar-refractivity contribution in [2.75, 3.05) is 13.2 Å². The summed E-state index contributed by atoms with van der Waals surface area (Å²) in [4.78, 5) is 0. The summed E-state index contributed by atoms with van der Waals surface area (Å²) in [6, 6.07) is 0. The first-order valence-electron chi connectivity index (χ1n) is 8.35. The second kappa shape index (κ2) is 5.91. The average molecular weight is 332 g/mol. The zero-order valence-electron chi connectivity index (χ0n) is 13.6. The summed E-state index contributed by atoms with van der Waals surface area (Å²) >= 11 is 0. The highest BCUT2D eigenvalue weighted by Gasteiger charge is 2.61. The molecule has 0 spiro atoms. The summed E-state index contributed by atoms with van der Waals surface area (Å²) in [5.41, 5.74) is -0.900. The standard InChI is InChI=1S/C16H28O7/c1-15(2)8-3-4-16(21,10(15)5-8)7-22-14-13(20)12(19)11(18)9(6-17)23-14/h8-14,17-21H,3-7H2,1-2H3/t8-,9+,10+,11+,12-,13+,14-,16+/m0/s1. The van der Waals surface area contributed by atoms with Crippen LogP contribution >= 0.6 is 0 Å². The number of rotatable bonds is 4. The third-order valence-corrected chi connectivity index (χ3v) is 6.39. The van der Waals surface area contributed by atoms with Gasteiger partial charge in [-0.05, 0) is 36.5 Å². The van der Waals surface area contributed by atoms with Crippen molar-refractivity contribution in [2.24, 2.45) is 17.3 Å². The van der Waals surface area contributed by atoms with Gasteiger partial charge in [-0.2, -0.15) is 0 Å². The Morgan fingerprint density at radius 3 is 2.39 bits per heavy atom. The maximum absolute atomic E-state index is 10.9. The van der Waals surface area contributed by atoms with Gasteiger partial charge < -0.3 is 35.0 Å². The second-order valence-electron chi connectivity index (χ2n) is 7.96. The van der Waals surface area contributed by atoms with E-state index in [0.717, 1.165) is 12.8 Å². The van der Waals surface area contributed by atoms with Crippen LogP contribution in [0.15, 0.2) is 0 Å². The smallest absolute Gasteiger partial charge is 0.186 e. The normalized spacial score (nSPS) is 52.0. The maximum atomic E-state index is 10.9. The minimum absolute atomic E-state index is 0.00347. The molecular weight excluding hydrogens is 304 g/mol. The number of ether oxygens (including phenoxy) is 2. The summed E-state index contributed by atoms with van der Waals surface area (Å²) in [6.07, 6.45) is -3.92. The quantitative estimate of drug-likeness (QED) is 0.447. The molecular formula is C16H28O7. The zero-order valence-corrected chi connectivity index (χ0v) is 13.6. The minimum Gasteiger partial charge on any atom is -0.394 e. The van der Waals surface area contributed by atoms with Gasteiger partial charge in [-0.15, -0.1) is 0 Å². The van der Waals surface area contributed by atoms with Crippen molar-refractivity contribution in [2.45, 2.75) is 69.4 Å². The molecule has 5 N–H and O–H groups in total. The number of fused-ring (bicyclic) bond motifs is 2. The van der Waals surface area contributed by atoms with E-state index in [2.05, 4.69) is 13.8 Å². The van der Waals surface area contributed by atoms with Crippen molar-refractivity contribution < 1.29 is 35.0 Å². The molecule has 0 aromatic rings. The zero-order chi connectivity index (χ0) is 17.0. The third-order valence-electron chi connectivity index (χ3n) is 6.39. The third kappa shape index (κ3) is 2.72. The first kappa shape index (κ1) is 17.5. The first-order chi connectivity index (χ1) is 10.7. The number of hydrogen-bond donors (Lipinski definition) is 5. The molecule has 134 valence electrons.